The molecule has 0 fully saturated rings. The SMILES string of the molecule is CCC(=CCn1ccc(=O)cc1)C(=O)O. The van der Waals surface area contributed by atoms with Crippen LogP contribution in [-0.4, -0.2) is 15.6 Å². The van der Waals surface area contributed by atoms with Gasteiger partial charge in [0.15, 0.2) is 5.43 Å². The molecule has 4 nitrogen and oxygen atoms in total. The van der Waals surface area contributed by atoms with E-state index in [0.29, 0.717) is 18.5 Å². The smallest absolute Gasteiger partial charge is 0.331 e. The fourth-order valence-electron chi connectivity index (χ4n) is 1.16. The monoisotopic (exact) mass is 207 g/mol. The molecule has 4 heteroatoms. The van der Waals surface area contributed by atoms with Crippen molar-refractivity contribution in [1.82, 2.24) is 4.57 Å². The Kier molecular flexibility index (Phi) is 3.85. The largest absolute Gasteiger partial charge is 0.478 e. The van der Waals surface area contributed by atoms with Crippen molar-refractivity contribution in [2.75, 3.05) is 0 Å². The van der Waals surface area contributed by atoms with Crippen molar-refractivity contribution >= 4 is 5.97 Å². The molecule has 1 aromatic rings. The lowest BCUT2D eigenvalue weighted by atomic mass is 10.2. The molecule has 80 valence electrons. The van der Waals surface area contributed by atoms with Crippen LogP contribution in [0.15, 0.2) is 41.0 Å². The van der Waals surface area contributed by atoms with E-state index in [9.17, 15) is 9.59 Å². The number of aliphatic carboxylic acids is 1. The van der Waals surface area contributed by atoms with Crippen LogP contribution in [0.1, 0.15) is 13.3 Å². The van der Waals surface area contributed by atoms with Gasteiger partial charge in [-0.05, 0) is 6.42 Å². The van der Waals surface area contributed by atoms with Gasteiger partial charge in [0.2, 0.25) is 0 Å². The summed E-state index contributed by atoms with van der Waals surface area (Å²) in [5.41, 5.74) is 0.331. The summed E-state index contributed by atoms with van der Waals surface area (Å²) in [4.78, 5) is 21.5. The molecular weight excluding hydrogens is 194 g/mol. The highest BCUT2D eigenvalue weighted by molar-refractivity contribution is 5.86. The first kappa shape index (κ1) is 11.2. The fourth-order valence-corrected chi connectivity index (χ4v) is 1.16. The standard InChI is InChI=1S/C11H13NO3/c1-2-9(11(14)15)3-6-12-7-4-10(13)5-8-12/h3-5,7-8H,2,6H2,1H3,(H,14,15). The summed E-state index contributed by atoms with van der Waals surface area (Å²) in [6, 6.07) is 2.89. The summed E-state index contributed by atoms with van der Waals surface area (Å²) in [6.45, 7) is 2.26. The van der Waals surface area contributed by atoms with Gasteiger partial charge in [-0.15, -0.1) is 0 Å². The number of carboxylic acid groups (broad SMARTS) is 1. The quantitative estimate of drug-likeness (QED) is 0.756. The second kappa shape index (κ2) is 5.14. The highest BCUT2D eigenvalue weighted by Crippen LogP contribution is 2.01. The van der Waals surface area contributed by atoms with Crippen molar-refractivity contribution in [3.63, 3.8) is 0 Å². The molecule has 15 heavy (non-hydrogen) atoms. The maximum absolute atomic E-state index is 10.8. The number of hydrogen-bond acceptors (Lipinski definition) is 2. The van der Waals surface area contributed by atoms with Gasteiger partial charge in [-0.1, -0.05) is 13.0 Å². The molecule has 0 radical (unpaired) electrons. The lowest BCUT2D eigenvalue weighted by Gasteiger charge is -2.02. The number of carboxylic acids is 1. The maximum Gasteiger partial charge on any atom is 0.331 e. The number of carbonyl (C=O) groups is 1. The predicted molar refractivity (Wildman–Crippen MR) is 56.7 cm³/mol. The molecule has 0 unspecified atom stereocenters. The van der Waals surface area contributed by atoms with Crippen molar-refractivity contribution in [1.29, 1.82) is 0 Å². The van der Waals surface area contributed by atoms with Crippen molar-refractivity contribution in [3.8, 4) is 0 Å². The van der Waals surface area contributed by atoms with Crippen LogP contribution in [0.3, 0.4) is 0 Å². The van der Waals surface area contributed by atoms with E-state index in [1.807, 2.05) is 0 Å². The van der Waals surface area contributed by atoms with Crippen molar-refractivity contribution < 1.29 is 9.90 Å². The van der Waals surface area contributed by atoms with Gasteiger partial charge >= 0.3 is 5.97 Å². The number of hydrogen-bond donors (Lipinski definition) is 1. The highest BCUT2D eigenvalue weighted by Gasteiger charge is 2.02. The van der Waals surface area contributed by atoms with Crippen molar-refractivity contribution in [2.24, 2.45) is 0 Å². The minimum absolute atomic E-state index is 0.0517. The molecule has 0 saturated heterocycles. The van der Waals surface area contributed by atoms with E-state index >= 15 is 0 Å². The van der Waals surface area contributed by atoms with Gasteiger partial charge in [0.1, 0.15) is 0 Å². The lowest BCUT2D eigenvalue weighted by Crippen LogP contribution is -2.05. The number of allylic oxidation sites excluding steroid dienone is 1. The first-order chi connectivity index (χ1) is 7.13. The van der Waals surface area contributed by atoms with E-state index < -0.39 is 5.97 Å². The lowest BCUT2D eigenvalue weighted by molar-refractivity contribution is -0.132. The van der Waals surface area contributed by atoms with Crippen LogP contribution >= 0.6 is 0 Å². The zero-order valence-electron chi connectivity index (χ0n) is 8.51. The molecule has 0 saturated carbocycles. The van der Waals surface area contributed by atoms with Crippen LogP contribution in [0.4, 0.5) is 0 Å². The summed E-state index contributed by atoms with van der Waals surface area (Å²) in [5.74, 6) is -0.890. The van der Waals surface area contributed by atoms with Gasteiger partial charge in [-0.2, -0.15) is 0 Å². The summed E-state index contributed by atoms with van der Waals surface area (Å²) < 4.78 is 1.75. The Bertz CT molecular complexity index is 411. The normalized spacial score (nSPS) is 11.4. The number of nitrogens with zero attached hydrogens (tertiary/aromatic N) is 1. The Morgan fingerprint density at radius 1 is 1.47 bits per heavy atom. The van der Waals surface area contributed by atoms with Crippen LogP contribution < -0.4 is 5.43 Å². The van der Waals surface area contributed by atoms with E-state index in [1.165, 1.54) is 12.1 Å². The molecular formula is C11H13NO3. The van der Waals surface area contributed by atoms with Crippen molar-refractivity contribution in [3.05, 3.63) is 46.4 Å². The molecule has 1 N–H and O–H groups in total. The van der Waals surface area contributed by atoms with Gasteiger partial charge in [0, 0.05) is 36.6 Å². The molecule has 0 spiro atoms. The average molecular weight is 207 g/mol. The van der Waals surface area contributed by atoms with E-state index in [1.54, 1.807) is 30.0 Å². The molecule has 0 amide bonds. The topological polar surface area (TPSA) is 59.3 Å². The predicted octanol–water partition coefficient (Wildman–Crippen LogP) is 1.27. The zero-order valence-corrected chi connectivity index (χ0v) is 8.51. The summed E-state index contributed by atoms with van der Waals surface area (Å²) in [6.07, 6.45) is 5.41. The molecule has 0 atom stereocenters. The van der Waals surface area contributed by atoms with Gasteiger partial charge in [0.05, 0.1) is 0 Å². The third kappa shape index (κ3) is 3.42. The van der Waals surface area contributed by atoms with E-state index in [2.05, 4.69) is 0 Å². The molecule has 0 aliphatic rings. The second-order valence-electron chi connectivity index (χ2n) is 3.12. The third-order valence-corrected chi connectivity index (χ3v) is 2.06. The molecule has 1 aromatic heterocycles. The van der Waals surface area contributed by atoms with Crippen molar-refractivity contribution in [2.45, 2.75) is 19.9 Å². The number of rotatable bonds is 4. The third-order valence-electron chi connectivity index (χ3n) is 2.06. The fraction of sp³-hybridized carbons (Fsp3) is 0.273. The van der Waals surface area contributed by atoms with E-state index in [0.717, 1.165) is 0 Å². The van der Waals surface area contributed by atoms with Gasteiger partial charge in [0.25, 0.3) is 0 Å². The molecule has 0 aliphatic carbocycles. The zero-order chi connectivity index (χ0) is 11.3. The minimum Gasteiger partial charge on any atom is -0.478 e. The Morgan fingerprint density at radius 2 is 2.07 bits per heavy atom. The van der Waals surface area contributed by atoms with E-state index in [-0.39, 0.29) is 5.43 Å². The highest BCUT2D eigenvalue weighted by atomic mass is 16.4. The van der Waals surface area contributed by atoms with Crippen LogP contribution in [0.5, 0.6) is 0 Å². The van der Waals surface area contributed by atoms with Crippen LogP contribution in [0, 0.1) is 0 Å². The molecule has 0 bridgehead atoms. The number of aromatic nitrogens is 1. The first-order valence-electron chi connectivity index (χ1n) is 4.72. The Morgan fingerprint density at radius 3 is 2.53 bits per heavy atom. The molecule has 1 rings (SSSR count). The van der Waals surface area contributed by atoms with Gasteiger partial charge in [-0.3, -0.25) is 4.79 Å². The van der Waals surface area contributed by atoms with Gasteiger partial charge < -0.3 is 9.67 Å². The minimum atomic E-state index is -0.890. The Labute approximate surface area is 87.5 Å². The van der Waals surface area contributed by atoms with Crippen LogP contribution in [-0.2, 0) is 11.3 Å². The maximum atomic E-state index is 10.8. The molecule has 0 aromatic carbocycles. The second-order valence-corrected chi connectivity index (χ2v) is 3.12. The summed E-state index contributed by atoms with van der Waals surface area (Å²) in [7, 11) is 0. The Hall–Kier alpha value is -1.84. The summed E-state index contributed by atoms with van der Waals surface area (Å²) in [5, 5.41) is 8.77. The summed E-state index contributed by atoms with van der Waals surface area (Å²) >= 11 is 0. The van der Waals surface area contributed by atoms with Crippen LogP contribution in [0.25, 0.3) is 0 Å². The molecule has 1 heterocycles. The van der Waals surface area contributed by atoms with Crippen LogP contribution in [0.2, 0.25) is 0 Å². The number of pyridine rings is 1. The average Bonchev–Trinajstić information content (AvgIpc) is 2.21. The first-order valence-corrected chi connectivity index (χ1v) is 4.72. The molecule has 0 aliphatic heterocycles. The Balaban J connectivity index is 2.74. The van der Waals surface area contributed by atoms with Gasteiger partial charge in [-0.25, -0.2) is 4.79 Å². The van der Waals surface area contributed by atoms with E-state index in [4.69, 9.17) is 5.11 Å².